The number of nitriles is 1. The molecule has 2 aliphatic heterocycles. The Bertz CT molecular complexity index is 318. The quantitative estimate of drug-likeness (QED) is 0.699. The molecule has 3 aliphatic rings. The molecule has 1 aliphatic carbocycles. The van der Waals surface area contributed by atoms with Crippen molar-refractivity contribution in [3.63, 3.8) is 0 Å². The molecule has 1 N–H and O–H groups in total. The number of hydrogen-bond donors (Lipinski definition) is 1. The molecule has 2 bridgehead atoms. The van der Waals surface area contributed by atoms with Crippen LogP contribution in [0.15, 0.2) is 0 Å². The molecule has 3 unspecified atom stereocenters. The number of fused-ring (bicyclic) bond motifs is 2. The molecule has 0 amide bonds. The van der Waals surface area contributed by atoms with Crippen molar-refractivity contribution in [1.82, 2.24) is 4.90 Å². The third-order valence-electron chi connectivity index (χ3n) is 5.01. The minimum Gasteiger partial charge on any atom is -0.388 e. The SMILES string of the molecule is N#CC1(C2(O)CCN3CCC2C3)CCC1. The molecule has 15 heavy (non-hydrogen) atoms. The maximum absolute atomic E-state index is 10.9. The summed E-state index contributed by atoms with van der Waals surface area (Å²) in [5.74, 6) is 0.353. The maximum Gasteiger partial charge on any atom is 0.0886 e. The second kappa shape index (κ2) is 2.96. The molecule has 0 spiro atoms. The number of nitrogens with zero attached hydrogens (tertiary/aromatic N) is 2. The first-order valence-electron chi connectivity index (χ1n) is 6.06. The Morgan fingerprint density at radius 2 is 2.07 bits per heavy atom. The maximum atomic E-state index is 10.9. The molecule has 0 aromatic carbocycles. The second-order valence-electron chi connectivity index (χ2n) is 5.51. The third kappa shape index (κ3) is 1.07. The van der Waals surface area contributed by atoms with E-state index in [1.165, 1.54) is 0 Å². The van der Waals surface area contributed by atoms with Crippen molar-refractivity contribution < 1.29 is 5.11 Å². The normalized spacial score (nSPS) is 46.9. The molecule has 3 rings (SSSR count). The van der Waals surface area contributed by atoms with Crippen molar-refractivity contribution in [3.05, 3.63) is 0 Å². The third-order valence-corrected chi connectivity index (χ3v) is 5.01. The molecule has 0 aromatic rings. The van der Waals surface area contributed by atoms with Crippen molar-refractivity contribution >= 4 is 0 Å². The van der Waals surface area contributed by atoms with E-state index in [0.717, 1.165) is 51.7 Å². The van der Waals surface area contributed by atoms with Crippen LogP contribution in [0.25, 0.3) is 0 Å². The summed E-state index contributed by atoms with van der Waals surface area (Å²) in [5.41, 5.74) is -1.07. The largest absolute Gasteiger partial charge is 0.388 e. The van der Waals surface area contributed by atoms with Crippen molar-refractivity contribution in [2.24, 2.45) is 11.3 Å². The second-order valence-corrected chi connectivity index (χ2v) is 5.51. The molecule has 2 saturated heterocycles. The molecule has 3 fully saturated rings. The van der Waals surface area contributed by atoms with Gasteiger partial charge in [0.05, 0.1) is 17.1 Å². The summed E-state index contributed by atoms with van der Waals surface area (Å²) in [6, 6.07) is 2.44. The van der Waals surface area contributed by atoms with Crippen molar-refractivity contribution in [3.8, 4) is 6.07 Å². The first-order valence-corrected chi connectivity index (χ1v) is 6.06. The zero-order valence-corrected chi connectivity index (χ0v) is 9.08. The molecule has 0 radical (unpaired) electrons. The minimum atomic E-state index is -0.674. The lowest BCUT2D eigenvalue weighted by Crippen LogP contribution is -2.59. The Hall–Kier alpha value is -0.590. The van der Waals surface area contributed by atoms with Gasteiger partial charge < -0.3 is 10.0 Å². The molecule has 82 valence electrons. The molecular formula is C12H18N2O. The van der Waals surface area contributed by atoms with Gasteiger partial charge in [-0.3, -0.25) is 0 Å². The Labute approximate surface area is 90.7 Å². The highest BCUT2D eigenvalue weighted by Crippen LogP contribution is 2.56. The van der Waals surface area contributed by atoms with Crippen molar-refractivity contribution in [1.29, 1.82) is 5.26 Å². The van der Waals surface area contributed by atoms with Crippen LogP contribution in [0.2, 0.25) is 0 Å². The van der Waals surface area contributed by atoms with E-state index < -0.39 is 11.0 Å². The summed E-state index contributed by atoms with van der Waals surface area (Å²) < 4.78 is 0. The lowest BCUT2D eigenvalue weighted by atomic mass is 9.54. The summed E-state index contributed by atoms with van der Waals surface area (Å²) in [6.07, 6.45) is 4.84. The topological polar surface area (TPSA) is 47.3 Å². The van der Waals surface area contributed by atoms with Gasteiger partial charge >= 0.3 is 0 Å². The van der Waals surface area contributed by atoms with E-state index in [4.69, 9.17) is 0 Å². The zero-order chi connectivity index (χ0) is 10.5. The molecule has 3 heteroatoms. The van der Waals surface area contributed by atoms with Gasteiger partial charge in [0.1, 0.15) is 0 Å². The van der Waals surface area contributed by atoms with Crippen LogP contribution in [0.4, 0.5) is 0 Å². The molecule has 1 saturated carbocycles. The van der Waals surface area contributed by atoms with Crippen LogP contribution >= 0.6 is 0 Å². The van der Waals surface area contributed by atoms with E-state index in [-0.39, 0.29) is 0 Å². The number of hydrogen-bond acceptors (Lipinski definition) is 3. The number of piperidine rings is 1. The fourth-order valence-electron chi connectivity index (χ4n) is 3.76. The average molecular weight is 206 g/mol. The first-order chi connectivity index (χ1) is 7.20. The summed E-state index contributed by atoms with van der Waals surface area (Å²) in [7, 11) is 0. The van der Waals surface area contributed by atoms with Crippen LogP contribution in [-0.4, -0.2) is 35.2 Å². The van der Waals surface area contributed by atoms with E-state index in [1.807, 2.05) is 0 Å². The molecule has 2 heterocycles. The Kier molecular flexibility index (Phi) is 1.90. The summed E-state index contributed by atoms with van der Waals surface area (Å²) in [5, 5.41) is 20.2. The summed E-state index contributed by atoms with van der Waals surface area (Å²) >= 11 is 0. The van der Waals surface area contributed by atoms with E-state index in [9.17, 15) is 10.4 Å². The van der Waals surface area contributed by atoms with Crippen LogP contribution in [0.1, 0.15) is 32.1 Å². The van der Waals surface area contributed by atoms with Gasteiger partial charge in [0, 0.05) is 19.0 Å². The molecule has 0 aromatic heterocycles. The van der Waals surface area contributed by atoms with Gasteiger partial charge in [-0.05, 0) is 32.2 Å². The van der Waals surface area contributed by atoms with Crippen LogP contribution in [0.3, 0.4) is 0 Å². The van der Waals surface area contributed by atoms with E-state index >= 15 is 0 Å². The van der Waals surface area contributed by atoms with Gasteiger partial charge in [0.15, 0.2) is 0 Å². The first kappa shape index (κ1) is 9.62. The fourth-order valence-corrected chi connectivity index (χ4v) is 3.76. The van der Waals surface area contributed by atoms with Gasteiger partial charge in [-0.1, -0.05) is 6.42 Å². The summed E-state index contributed by atoms with van der Waals surface area (Å²) in [4.78, 5) is 2.42. The van der Waals surface area contributed by atoms with Crippen LogP contribution < -0.4 is 0 Å². The van der Waals surface area contributed by atoms with Crippen LogP contribution in [0, 0.1) is 22.7 Å². The van der Waals surface area contributed by atoms with Crippen molar-refractivity contribution in [2.45, 2.75) is 37.7 Å². The highest BCUT2D eigenvalue weighted by Gasteiger charge is 2.60. The van der Waals surface area contributed by atoms with Gasteiger partial charge in [0.25, 0.3) is 0 Å². The van der Waals surface area contributed by atoms with Gasteiger partial charge in [-0.15, -0.1) is 0 Å². The predicted molar refractivity (Wildman–Crippen MR) is 56.0 cm³/mol. The monoisotopic (exact) mass is 206 g/mol. The Morgan fingerprint density at radius 3 is 2.67 bits per heavy atom. The molecule has 3 nitrogen and oxygen atoms in total. The minimum absolute atomic E-state index is 0.353. The van der Waals surface area contributed by atoms with Gasteiger partial charge in [-0.2, -0.15) is 5.26 Å². The smallest absolute Gasteiger partial charge is 0.0886 e. The molecule has 3 atom stereocenters. The highest BCUT2D eigenvalue weighted by atomic mass is 16.3. The molecular weight excluding hydrogens is 188 g/mol. The average Bonchev–Trinajstić information content (AvgIpc) is 2.57. The van der Waals surface area contributed by atoms with Gasteiger partial charge in [-0.25, -0.2) is 0 Å². The van der Waals surface area contributed by atoms with E-state index in [1.54, 1.807) is 0 Å². The van der Waals surface area contributed by atoms with Crippen LogP contribution in [-0.2, 0) is 0 Å². The Balaban J connectivity index is 1.92. The lowest BCUT2D eigenvalue weighted by molar-refractivity contribution is -0.148. The highest BCUT2D eigenvalue weighted by molar-refractivity contribution is 5.19. The summed E-state index contributed by atoms with van der Waals surface area (Å²) in [6.45, 7) is 3.12. The van der Waals surface area contributed by atoms with Crippen LogP contribution in [0.5, 0.6) is 0 Å². The fraction of sp³-hybridized carbons (Fsp3) is 0.917. The van der Waals surface area contributed by atoms with Crippen molar-refractivity contribution in [2.75, 3.05) is 19.6 Å². The predicted octanol–water partition coefficient (Wildman–Crippen LogP) is 1.14. The standard InChI is InChI=1S/C12H18N2O/c13-9-11(3-1-4-11)12(15)5-7-14-6-2-10(12)8-14/h10,15H,1-8H2. The zero-order valence-electron chi connectivity index (χ0n) is 9.08. The lowest BCUT2D eigenvalue weighted by Gasteiger charge is -2.53. The Morgan fingerprint density at radius 1 is 1.27 bits per heavy atom. The number of rotatable bonds is 1. The van der Waals surface area contributed by atoms with E-state index in [2.05, 4.69) is 11.0 Å². The van der Waals surface area contributed by atoms with Gasteiger partial charge in [0.2, 0.25) is 0 Å². The number of aliphatic hydroxyl groups is 1. The van der Waals surface area contributed by atoms with E-state index in [0.29, 0.717) is 5.92 Å².